The number of hydrogen-bond acceptors (Lipinski definition) is 6. The summed E-state index contributed by atoms with van der Waals surface area (Å²) < 4.78 is 29.0. The molecule has 28 heavy (non-hydrogen) atoms. The highest BCUT2D eigenvalue weighted by Crippen LogP contribution is 2.60. The molecule has 1 amide bonds. The van der Waals surface area contributed by atoms with Gasteiger partial charge in [-0.3, -0.25) is 4.79 Å². The van der Waals surface area contributed by atoms with Crippen molar-refractivity contribution in [2.45, 2.75) is 50.7 Å². The molecule has 1 aliphatic heterocycles. The minimum absolute atomic E-state index is 0.0122. The molecule has 1 aromatic heterocycles. The minimum Gasteiger partial charge on any atom is -0.465 e. The molecule has 6 rings (SSSR count). The van der Waals surface area contributed by atoms with Crippen molar-refractivity contribution in [2.75, 3.05) is 18.2 Å². The molecular formula is C20H25NO5S2. The predicted octanol–water partition coefficient (Wildman–Crippen LogP) is 3.16. The van der Waals surface area contributed by atoms with Gasteiger partial charge in [-0.05, 0) is 68.3 Å². The highest BCUT2D eigenvalue weighted by Gasteiger charge is 2.54. The maximum absolute atomic E-state index is 13.4. The molecule has 4 bridgehead atoms. The van der Waals surface area contributed by atoms with Gasteiger partial charge in [-0.25, -0.2) is 13.2 Å². The number of methoxy groups -OCH3 is 1. The van der Waals surface area contributed by atoms with Crippen molar-refractivity contribution >= 4 is 38.1 Å². The second-order valence-electron chi connectivity index (χ2n) is 9.19. The first-order chi connectivity index (χ1) is 13.3. The molecule has 0 spiro atoms. The van der Waals surface area contributed by atoms with Crippen molar-refractivity contribution in [3.63, 3.8) is 0 Å². The normalized spacial score (nSPS) is 34.7. The molecule has 0 radical (unpaired) electrons. The fourth-order valence-electron chi connectivity index (χ4n) is 6.45. The average molecular weight is 424 g/mol. The molecule has 4 saturated carbocycles. The summed E-state index contributed by atoms with van der Waals surface area (Å²) in [6.07, 6.45) is 6.89. The zero-order valence-electron chi connectivity index (χ0n) is 16.0. The number of anilines is 1. The van der Waals surface area contributed by atoms with Crippen molar-refractivity contribution in [2.24, 2.45) is 23.2 Å². The van der Waals surface area contributed by atoms with Crippen LogP contribution in [0.5, 0.6) is 0 Å². The fraction of sp³-hybridized carbons (Fsp3) is 0.700. The molecular weight excluding hydrogens is 398 g/mol. The van der Waals surface area contributed by atoms with Gasteiger partial charge in [-0.15, -0.1) is 11.3 Å². The van der Waals surface area contributed by atoms with E-state index in [2.05, 4.69) is 5.32 Å². The van der Waals surface area contributed by atoms with Crippen LogP contribution in [0.25, 0.3) is 0 Å². The number of fused-ring (bicyclic) bond motifs is 1. The summed E-state index contributed by atoms with van der Waals surface area (Å²) in [6, 6.07) is 0. The number of carbonyl (C=O) groups is 2. The van der Waals surface area contributed by atoms with Gasteiger partial charge in [0.15, 0.2) is 9.84 Å². The molecule has 4 aliphatic carbocycles. The Balaban J connectivity index is 1.47. The molecule has 1 aromatic rings. The van der Waals surface area contributed by atoms with Gasteiger partial charge in [0.1, 0.15) is 5.00 Å². The third-order valence-electron chi connectivity index (χ3n) is 7.24. The van der Waals surface area contributed by atoms with Gasteiger partial charge in [0.2, 0.25) is 5.91 Å². The van der Waals surface area contributed by atoms with Crippen LogP contribution in [0.2, 0.25) is 0 Å². The molecule has 5 aliphatic rings. The monoisotopic (exact) mass is 423 g/mol. The minimum atomic E-state index is -3.15. The van der Waals surface area contributed by atoms with E-state index in [1.54, 1.807) is 0 Å². The summed E-state index contributed by atoms with van der Waals surface area (Å²) in [5, 5.41) is 3.52. The van der Waals surface area contributed by atoms with E-state index in [9.17, 15) is 18.0 Å². The summed E-state index contributed by atoms with van der Waals surface area (Å²) in [5.41, 5.74) is 0.765. The lowest BCUT2D eigenvalue weighted by Crippen LogP contribution is -2.51. The second-order valence-corrected chi connectivity index (χ2v) is 12.5. The molecule has 0 unspecified atom stereocenters. The molecule has 8 heteroatoms. The highest BCUT2D eigenvalue weighted by molar-refractivity contribution is 7.90. The Morgan fingerprint density at radius 1 is 1.11 bits per heavy atom. The lowest BCUT2D eigenvalue weighted by atomic mass is 9.49. The smallest absolute Gasteiger partial charge is 0.341 e. The largest absolute Gasteiger partial charge is 0.465 e. The van der Waals surface area contributed by atoms with Crippen LogP contribution in [0.3, 0.4) is 0 Å². The molecule has 0 atom stereocenters. The SMILES string of the molecule is COC(=O)c1c(NC(=O)C23CC4CC(CC(C4)C2)C3)sc2c1CCS(=O)(=O)C2. The van der Waals surface area contributed by atoms with E-state index in [4.69, 9.17) is 4.74 Å². The van der Waals surface area contributed by atoms with Crippen molar-refractivity contribution in [1.29, 1.82) is 0 Å². The molecule has 1 N–H and O–H groups in total. The van der Waals surface area contributed by atoms with Crippen LogP contribution in [0, 0.1) is 23.2 Å². The summed E-state index contributed by atoms with van der Waals surface area (Å²) >= 11 is 1.23. The number of hydrogen-bond donors (Lipinski definition) is 1. The zero-order valence-corrected chi connectivity index (χ0v) is 17.6. The molecule has 2 heterocycles. The van der Waals surface area contributed by atoms with Crippen LogP contribution < -0.4 is 5.32 Å². The van der Waals surface area contributed by atoms with Gasteiger partial charge < -0.3 is 10.1 Å². The Kier molecular flexibility index (Phi) is 4.18. The standard InChI is InChI=1S/C20H25NO5S2/c1-26-18(22)16-14-2-3-28(24,25)10-15(14)27-17(16)21-19(23)20-7-11-4-12(8-20)6-13(5-11)9-20/h11-13H,2-10H2,1H3,(H,21,23). The number of rotatable bonds is 3. The van der Waals surface area contributed by atoms with Crippen LogP contribution in [0.15, 0.2) is 0 Å². The van der Waals surface area contributed by atoms with Gasteiger partial charge in [-0.2, -0.15) is 0 Å². The van der Waals surface area contributed by atoms with E-state index in [0.717, 1.165) is 24.8 Å². The molecule has 0 saturated heterocycles. The number of amides is 1. The van der Waals surface area contributed by atoms with Crippen LogP contribution >= 0.6 is 11.3 Å². The van der Waals surface area contributed by atoms with Crippen LogP contribution in [0.4, 0.5) is 5.00 Å². The van der Waals surface area contributed by atoms with Gasteiger partial charge in [-0.1, -0.05) is 0 Å². The van der Waals surface area contributed by atoms with E-state index >= 15 is 0 Å². The Hall–Kier alpha value is -1.41. The van der Waals surface area contributed by atoms with Crippen LogP contribution in [-0.2, 0) is 31.5 Å². The number of thiophene rings is 1. The second kappa shape index (κ2) is 6.29. The Bertz CT molecular complexity index is 926. The lowest BCUT2D eigenvalue weighted by molar-refractivity contribution is -0.140. The molecule has 152 valence electrons. The van der Waals surface area contributed by atoms with Crippen molar-refractivity contribution in [3.05, 3.63) is 16.0 Å². The zero-order chi connectivity index (χ0) is 19.7. The first kappa shape index (κ1) is 18.6. The third-order valence-corrected chi connectivity index (χ3v) is 10.1. The number of nitrogens with one attached hydrogen (secondary N) is 1. The van der Waals surface area contributed by atoms with Crippen molar-refractivity contribution in [3.8, 4) is 0 Å². The maximum Gasteiger partial charge on any atom is 0.341 e. The van der Waals surface area contributed by atoms with Gasteiger partial charge in [0.25, 0.3) is 0 Å². The summed E-state index contributed by atoms with van der Waals surface area (Å²) in [6.45, 7) is 0. The Morgan fingerprint density at radius 3 is 2.29 bits per heavy atom. The van der Waals surface area contributed by atoms with E-state index in [1.165, 1.54) is 37.7 Å². The highest BCUT2D eigenvalue weighted by atomic mass is 32.2. The van der Waals surface area contributed by atoms with Crippen molar-refractivity contribution in [1.82, 2.24) is 0 Å². The number of sulfone groups is 1. The van der Waals surface area contributed by atoms with E-state index < -0.39 is 15.8 Å². The maximum atomic E-state index is 13.4. The first-order valence-electron chi connectivity index (χ1n) is 10.0. The lowest BCUT2D eigenvalue weighted by Gasteiger charge is -2.55. The van der Waals surface area contributed by atoms with Gasteiger partial charge >= 0.3 is 5.97 Å². The summed E-state index contributed by atoms with van der Waals surface area (Å²) in [4.78, 5) is 26.5. The van der Waals surface area contributed by atoms with E-state index in [-0.39, 0.29) is 22.8 Å². The van der Waals surface area contributed by atoms with E-state index in [1.807, 2.05) is 0 Å². The molecule has 4 fully saturated rings. The fourth-order valence-corrected chi connectivity index (χ4v) is 9.49. The first-order valence-corrected chi connectivity index (χ1v) is 12.7. The topological polar surface area (TPSA) is 89.5 Å². The number of esters is 1. The van der Waals surface area contributed by atoms with Gasteiger partial charge in [0, 0.05) is 4.88 Å². The van der Waals surface area contributed by atoms with Crippen LogP contribution in [-0.4, -0.2) is 33.2 Å². The molecule has 6 nitrogen and oxygen atoms in total. The van der Waals surface area contributed by atoms with E-state index in [0.29, 0.717) is 39.6 Å². The quantitative estimate of drug-likeness (QED) is 0.755. The molecule has 0 aromatic carbocycles. The summed E-state index contributed by atoms with van der Waals surface area (Å²) in [7, 11) is -1.84. The third kappa shape index (κ3) is 2.91. The Labute approximate surface area is 168 Å². The van der Waals surface area contributed by atoms with Crippen LogP contribution in [0.1, 0.15) is 59.3 Å². The van der Waals surface area contributed by atoms with Crippen molar-refractivity contribution < 1.29 is 22.7 Å². The average Bonchev–Trinajstić information content (AvgIpc) is 2.95. The summed E-state index contributed by atoms with van der Waals surface area (Å²) in [5.74, 6) is 1.43. The predicted molar refractivity (Wildman–Crippen MR) is 106 cm³/mol. The number of ether oxygens (including phenoxy) is 1. The van der Waals surface area contributed by atoms with Gasteiger partial charge in [0.05, 0.1) is 29.6 Å². The number of carbonyl (C=O) groups excluding carboxylic acids is 2. The Morgan fingerprint density at radius 2 is 1.71 bits per heavy atom.